The molecular weight excluding hydrogens is 373 g/mol. The number of aromatic nitrogens is 1. The molecule has 4 nitrogen and oxygen atoms in total. The summed E-state index contributed by atoms with van der Waals surface area (Å²) in [7, 11) is 0. The molecule has 0 aliphatic carbocycles. The zero-order valence-corrected chi connectivity index (χ0v) is 15.2. The summed E-state index contributed by atoms with van der Waals surface area (Å²) < 4.78 is 6.73. The Labute approximate surface area is 160 Å². The Morgan fingerprint density at radius 2 is 1.69 bits per heavy atom. The molecule has 0 fully saturated rings. The van der Waals surface area contributed by atoms with Crippen LogP contribution in [0, 0.1) is 0 Å². The molecule has 1 heterocycles. The number of benzene rings is 2. The molecule has 0 amide bonds. The lowest BCUT2D eigenvalue weighted by Gasteiger charge is -2.09. The van der Waals surface area contributed by atoms with Crippen molar-refractivity contribution in [1.82, 2.24) is 4.57 Å². The number of ether oxygens (including phenoxy) is 1. The van der Waals surface area contributed by atoms with Gasteiger partial charge in [0.2, 0.25) is 0 Å². The maximum atomic E-state index is 12.3. The first-order chi connectivity index (χ1) is 12.5. The van der Waals surface area contributed by atoms with Crippen LogP contribution in [0.5, 0.6) is 0 Å². The molecule has 6 heteroatoms. The molecular formula is C20H15Cl2NO3. The fraction of sp³-hybridized carbons (Fsp3) is 0.100. The van der Waals surface area contributed by atoms with E-state index in [1.807, 2.05) is 30.3 Å². The Morgan fingerprint density at radius 1 is 0.923 bits per heavy atom. The SMILES string of the molecule is O=C(OCc1ccccc1)c1ccc(=O)n(Cc2ccc(Cl)c(Cl)c2)c1. The highest BCUT2D eigenvalue weighted by Gasteiger charge is 2.10. The summed E-state index contributed by atoms with van der Waals surface area (Å²) in [5.41, 5.74) is 1.78. The third-order valence-corrected chi connectivity index (χ3v) is 4.51. The van der Waals surface area contributed by atoms with E-state index in [1.165, 1.54) is 22.9 Å². The molecule has 0 aliphatic rings. The number of carbonyl (C=O) groups excluding carboxylic acids is 1. The highest BCUT2D eigenvalue weighted by Crippen LogP contribution is 2.22. The summed E-state index contributed by atoms with van der Waals surface area (Å²) in [5, 5.41) is 0.858. The molecule has 0 aliphatic heterocycles. The van der Waals surface area contributed by atoms with E-state index >= 15 is 0 Å². The van der Waals surface area contributed by atoms with Crippen molar-refractivity contribution in [2.24, 2.45) is 0 Å². The van der Waals surface area contributed by atoms with Gasteiger partial charge in [-0.1, -0.05) is 59.6 Å². The molecule has 26 heavy (non-hydrogen) atoms. The van der Waals surface area contributed by atoms with Gasteiger partial charge in [-0.25, -0.2) is 4.79 Å². The van der Waals surface area contributed by atoms with Gasteiger partial charge in [-0.3, -0.25) is 4.79 Å². The predicted octanol–water partition coefficient (Wildman–Crippen LogP) is 4.56. The quantitative estimate of drug-likeness (QED) is 0.602. The topological polar surface area (TPSA) is 48.3 Å². The molecule has 0 unspecified atom stereocenters. The van der Waals surface area contributed by atoms with Crippen molar-refractivity contribution < 1.29 is 9.53 Å². The van der Waals surface area contributed by atoms with Crippen LogP contribution >= 0.6 is 23.2 Å². The molecule has 0 N–H and O–H groups in total. The summed E-state index contributed by atoms with van der Waals surface area (Å²) in [6, 6.07) is 17.3. The Morgan fingerprint density at radius 3 is 2.42 bits per heavy atom. The first-order valence-electron chi connectivity index (χ1n) is 7.88. The van der Waals surface area contributed by atoms with Gasteiger partial charge in [0.25, 0.3) is 5.56 Å². The number of rotatable bonds is 5. The zero-order chi connectivity index (χ0) is 18.5. The van der Waals surface area contributed by atoms with E-state index in [-0.39, 0.29) is 18.7 Å². The van der Waals surface area contributed by atoms with Crippen molar-refractivity contribution in [2.75, 3.05) is 0 Å². The molecule has 1 aromatic heterocycles. The van der Waals surface area contributed by atoms with Crippen molar-refractivity contribution in [3.8, 4) is 0 Å². The molecule has 3 aromatic rings. The first kappa shape index (κ1) is 18.2. The number of halogens is 2. The Hall–Kier alpha value is -2.56. The molecule has 0 radical (unpaired) electrons. The fourth-order valence-corrected chi connectivity index (χ4v) is 2.74. The van der Waals surface area contributed by atoms with Crippen LogP contribution < -0.4 is 5.56 Å². The van der Waals surface area contributed by atoms with Gasteiger partial charge in [-0.2, -0.15) is 0 Å². The Balaban J connectivity index is 1.75. The van der Waals surface area contributed by atoms with Crippen molar-refractivity contribution in [1.29, 1.82) is 0 Å². The van der Waals surface area contributed by atoms with Gasteiger partial charge in [0, 0.05) is 12.3 Å². The Bertz CT molecular complexity index is 984. The van der Waals surface area contributed by atoms with Crippen LogP contribution in [0.4, 0.5) is 0 Å². The Kier molecular flexibility index (Phi) is 5.76. The van der Waals surface area contributed by atoms with Crippen LogP contribution in [0.1, 0.15) is 21.5 Å². The maximum Gasteiger partial charge on any atom is 0.339 e. The van der Waals surface area contributed by atoms with Gasteiger partial charge < -0.3 is 9.30 Å². The van der Waals surface area contributed by atoms with Gasteiger partial charge in [-0.05, 0) is 29.3 Å². The third kappa shape index (κ3) is 4.54. The number of hydrogen-bond acceptors (Lipinski definition) is 3. The van der Waals surface area contributed by atoms with Crippen molar-refractivity contribution in [3.05, 3.63) is 104 Å². The highest BCUT2D eigenvalue weighted by atomic mass is 35.5. The second kappa shape index (κ2) is 8.21. The van der Waals surface area contributed by atoms with E-state index in [1.54, 1.807) is 18.2 Å². The molecule has 0 spiro atoms. The molecule has 0 saturated carbocycles. The molecule has 3 rings (SSSR count). The number of hydrogen-bond donors (Lipinski definition) is 0. The lowest BCUT2D eigenvalue weighted by molar-refractivity contribution is 0.0471. The average molecular weight is 388 g/mol. The first-order valence-corrected chi connectivity index (χ1v) is 8.64. The van der Waals surface area contributed by atoms with Gasteiger partial charge >= 0.3 is 5.97 Å². The number of nitrogens with zero attached hydrogens (tertiary/aromatic N) is 1. The normalized spacial score (nSPS) is 10.5. The zero-order valence-electron chi connectivity index (χ0n) is 13.7. The second-order valence-corrected chi connectivity index (χ2v) is 6.51. The van der Waals surface area contributed by atoms with Crippen LogP contribution in [0.15, 0.2) is 71.7 Å². The van der Waals surface area contributed by atoms with Gasteiger partial charge in [0.05, 0.1) is 22.2 Å². The smallest absolute Gasteiger partial charge is 0.339 e. The van der Waals surface area contributed by atoms with E-state index in [0.717, 1.165) is 11.1 Å². The van der Waals surface area contributed by atoms with Gasteiger partial charge in [-0.15, -0.1) is 0 Å². The van der Waals surface area contributed by atoms with Gasteiger partial charge in [0.15, 0.2) is 0 Å². The van der Waals surface area contributed by atoms with Crippen molar-refractivity contribution in [3.63, 3.8) is 0 Å². The molecule has 0 saturated heterocycles. The lowest BCUT2D eigenvalue weighted by Crippen LogP contribution is -2.21. The average Bonchev–Trinajstić information content (AvgIpc) is 2.65. The lowest BCUT2D eigenvalue weighted by atomic mass is 10.2. The summed E-state index contributed by atoms with van der Waals surface area (Å²) in [6.45, 7) is 0.446. The minimum atomic E-state index is -0.489. The largest absolute Gasteiger partial charge is 0.457 e. The van der Waals surface area contributed by atoms with E-state index in [2.05, 4.69) is 0 Å². The van der Waals surface area contributed by atoms with Crippen LogP contribution in [-0.4, -0.2) is 10.5 Å². The van der Waals surface area contributed by atoms with Crippen LogP contribution in [-0.2, 0) is 17.9 Å². The number of esters is 1. The van der Waals surface area contributed by atoms with Crippen LogP contribution in [0.3, 0.4) is 0 Å². The van der Waals surface area contributed by atoms with E-state index in [9.17, 15) is 9.59 Å². The minimum Gasteiger partial charge on any atom is -0.457 e. The van der Waals surface area contributed by atoms with Gasteiger partial charge in [0.1, 0.15) is 6.61 Å². The number of carbonyl (C=O) groups is 1. The van der Waals surface area contributed by atoms with E-state index in [4.69, 9.17) is 27.9 Å². The fourth-order valence-electron chi connectivity index (χ4n) is 2.42. The minimum absolute atomic E-state index is 0.172. The second-order valence-electron chi connectivity index (χ2n) is 5.69. The maximum absolute atomic E-state index is 12.3. The monoisotopic (exact) mass is 387 g/mol. The molecule has 0 atom stereocenters. The molecule has 0 bridgehead atoms. The van der Waals surface area contributed by atoms with Crippen LogP contribution in [0.2, 0.25) is 10.0 Å². The van der Waals surface area contributed by atoms with Crippen molar-refractivity contribution >= 4 is 29.2 Å². The van der Waals surface area contributed by atoms with E-state index in [0.29, 0.717) is 15.6 Å². The van der Waals surface area contributed by atoms with Crippen molar-refractivity contribution in [2.45, 2.75) is 13.2 Å². The standard InChI is InChI=1S/C20H15Cl2NO3/c21-17-8-6-15(10-18(17)22)11-23-12-16(7-9-19(23)24)20(25)26-13-14-4-2-1-3-5-14/h1-10,12H,11,13H2. The summed E-state index contributed by atoms with van der Waals surface area (Å²) >= 11 is 11.9. The van der Waals surface area contributed by atoms with E-state index < -0.39 is 5.97 Å². The summed E-state index contributed by atoms with van der Waals surface area (Å²) in [6.07, 6.45) is 1.48. The summed E-state index contributed by atoms with van der Waals surface area (Å²) in [4.78, 5) is 24.3. The number of pyridine rings is 1. The molecule has 2 aromatic carbocycles. The summed E-state index contributed by atoms with van der Waals surface area (Å²) in [5.74, 6) is -0.489. The molecule has 132 valence electrons. The van der Waals surface area contributed by atoms with Crippen LogP contribution in [0.25, 0.3) is 0 Å². The highest BCUT2D eigenvalue weighted by molar-refractivity contribution is 6.42. The predicted molar refractivity (Wildman–Crippen MR) is 102 cm³/mol. The third-order valence-electron chi connectivity index (χ3n) is 3.77.